The first-order chi connectivity index (χ1) is 9.22. The highest BCUT2D eigenvalue weighted by Gasteiger charge is 2.44. The Morgan fingerprint density at radius 1 is 1.21 bits per heavy atom. The monoisotopic (exact) mass is 268 g/mol. The summed E-state index contributed by atoms with van der Waals surface area (Å²) in [5, 5.41) is 0. The van der Waals surface area contributed by atoms with E-state index in [4.69, 9.17) is 15.3 Å². The Morgan fingerprint density at radius 2 is 2.11 bits per heavy atom. The molecule has 19 heavy (non-hydrogen) atoms. The molecule has 1 saturated carbocycles. The molecule has 5 unspecified atom stereocenters. The normalized spacial score (nSPS) is 44.8. The minimum absolute atomic E-state index is 0.00222. The van der Waals surface area contributed by atoms with E-state index in [9.17, 15) is 0 Å². The van der Waals surface area contributed by atoms with Gasteiger partial charge in [-0.15, -0.1) is 0 Å². The van der Waals surface area contributed by atoms with Crippen LogP contribution in [-0.2, 0) is 9.47 Å². The minimum atomic E-state index is 0.00222. The maximum absolute atomic E-state index is 6.04. The van der Waals surface area contributed by atoms with E-state index in [1.165, 1.54) is 19.3 Å². The molecule has 4 heteroatoms. The van der Waals surface area contributed by atoms with Crippen molar-refractivity contribution in [1.82, 2.24) is 5.43 Å². The van der Waals surface area contributed by atoms with Crippen molar-refractivity contribution in [2.75, 3.05) is 19.8 Å². The van der Waals surface area contributed by atoms with E-state index in [1.807, 2.05) is 0 Å². The van der Waals surface area contributed by atoms with Gasteiger partial charge in [0.15, 0.2) is 0 Å². The molecular weight excluding hydrogens is 240 g/mol. The van der Waals surface area contributed by atoms with Gasteiger partial charge in [-0.25, -0.2) is 0 Å². The smallest absolute Gasteiger partial charge is 0.0939 e. The van der Waals surface area contributed by atoms with Crippen LogP contribution >= 0.6 is 0 Å². The molecule has 4 nitrogen and oxygen atoms in total. The molecular formula is C15H28N2O2. The van der Waals surface area contributed by atoms with Crippen molar-refractivity contribution < 1.29 is 9.47 Å². The standard InChI is InChI=1S/C15H28N2O2/c1-11-2-3-12(8-11)14(17-16)13-4-6-19-15(9-13)5-7-18-10-15/h11-14,17H,2-10,16H2,1H3. The van der Waals surface area contributed by atoms with Gasteiger partial charge in [0.25, 0.3) is 0 Å². The maximum Gasteiger partial charge on any atom is 0.0939 e. The molecule has 0 aromatic carbocycles. The molecule has 0 amide bonds. The SMILES string of the molecule is CC1CCC(C(NN)C2CCOC3(CCOC3)C2)C1. The summed E-state index contributed by atoms with van der Waals surface area (Å²) in [7, 11) is 0. The third kappa shape index (κ3) is 2.82. The summed E-state index contributed by atoms with van der Waals surface area (Å²) in [6.45, 7) is 4.87. The molecule has 3 rings (SSSR count). The van der Waals surface area contributed by atoms with Crippen molar-refractivity contribution in [2.24, 2.45) is 23.6 Å². The molecule has 0 radical (unpaired) electrons. The third-order valence-corrected chi connectivity index (χ3v) is 5.54. The summed E-state index contributed by atoms with van der Waals surface area (Å²) in [6, 6.07) is 0.464. The zero-order chi connectivity index (χ0) is 13.3. The van der Waals surface area contributed by atoms with Crippen molar-refractivity contribution in [3.05, 3.63) is 0 Å². The summed E-state index contributed by atoms with van der Waals surface area (Å²) in [6.07, 6.45) is 7.34. The van der Waals surface area contributed by atoms with Crippen LogP contribution in [0.25, 0.3) is 0 Å². The molecule has 5 atom stereocenters. The topological polar surface area (TPSA) is 56.5 Å². The second-order valence-corrected chi connectivity index (χ2v) is 6.96. The summed E-state index contributed by atoms with van der Waals surface area (Å²) in [4.78, 5) is 0. The van der Waals surface area contributed by atoms with Gasteiger partial charge in [0, 0.05) is 25.7 Å². The van der Waals surface area contributed by atoms with Crippen LogP contribution in [0.3, 0.4) is 0 Å². The summed E-state index contributed by atoms with van der Waals surface area (Å²) < 4.78 is 11.6. The predicted octanol–water partition coefficient (Wildman–Crippen LogP) is 1.84. The maximum atomic E-state index is 6.04. The zero-order valence-corrected chi connectivity index (χ0v) is 12.1. The van der Waals surface area contributed by atoms with Gasteiger partial charge in [-0.1, -0.05) is 13.3 Å². The van der Waals surface area contributed by atoms with E-state index in [2.05, 4.69) is 12.3 Å². The van der Waals surface area contributed by atoms with E-state index < -0.39 is 0 Å². The van der Waals surface area contributed by atoms with Crippen LogP contribution in [0.4, 0.5) is 0 Å². The molecule has 0 bridgehead atoms. The van der Waals surface area contributed by atoms with Crippen molar-refractivity contribution >= 4 is 0 Å². The van der Waals surface area contributed by atoms with Crippen LogP contribution < -0.4 is 11.3 Å². The molecule has 110 valence electrons. The molecule has 2 aliphatic heterocycles. The highest BCUT2D eigenvalue weighted by atomic mass is 16.6. The summed E-state index contributed by atoms with van der Waals surface area (Å²) in [5.41, 5.74) is 3.15. The van der Waals surface area contributed by atoms with Gasteiger partial charge in [0.2, 0.25) is 0 Å². The second-order valence-electron chi connectivity index (χ2n) is 6.96. The Labute approximate surface area is 116 Å². The number of nitrogens with two attached hydrogens (primary N) is 1. The van der Waals surface area contributed by atoms with Crippen molar-refractivity contribution in [3.63, 3.8) is 0 Å². The van der Waals surface area contributed by atoms with Gasteiger partial charge < -0.3 is 9.47 Å². The largest absolute Gasteiger partial charge is 0.378 e. The highest BCUT2D eigenvalue weighted by Crippen LogP contribution is 2.42. The van der Waals surface area contributed by atoms with Crippen molar-refractivity contribution in [1.29, 1.82) is 0 Å². The Hall–Kier alpha value is -0.160. The second kappa shape index (κ2) is 5.68. The number of hydrazine groups is 1. The van der Waals surface area contributed by atoms with Crippen molar-refractivity contribution in [2.45, 2.75) is 57.1 Å². The predicted molar refractivity (Wildman–Crippen MR) is 74.5 cm³/mol. The highest BCUT2D eigenvalue weighted by molar-refractivity contribution is 4.96. The molecule has 2 heterocycles. The number of nitrogens with one attached hydrogen (secondary N) is 1. The van der Waals surface area contributed by atoms with Crippen LogP contribution in [0, 0.1) is 17.8 Å². The average Bonchev–Trinajstić information content (AvgIpc) is 3.01. The van der Waals surface area contributed by atoms with E-state index in [0.717, 1.165) is 50.9 Å². The summed E-state index contributed by atoms with van der Waals surface area (Å²) >= 11 is 0. The van der Waals surface area contributed by atoms with Gasteiger partial charge >= 0.3 is 0 Å². The zero-order valence-electron chi connectivity index (χ0n) is 12.1. The van der Waals surface area contributed by atoms with Crippen LogP contribution in [0.5, 0.6) is 0 Å². The molecule has 1 aliphatic carbocycles. The lowest BCUT2D eigenvalue weighted by atomic mass is 9.76. The molecule has 0 aromatic rings. The summed E-state index contributed by atoms with van der Waals surface area (Å²) in [5.74, 6) is 8.16. The lowest BCUT2D eigenvalue weighted by Crippen LogP contribution is -2.51. The molecule has 0 aromatic heterocycles. The number of hydrogen-bond acceptors (Lipinski definition) is 4. The lowest BCUT2D eigenvalue weighted by molar-refractivity contribution is -0.105. The minimum Gasteiger partial charge on any atom is -0.378 e. The van der Waals surface area contributed by atoms with Crippen LogP contribution in [0.2, 0.25) is 0 Å². The molecule has 3 aliphatic rings. The van der Waals surface area contributed by atoms with Gasteiger partial charge in [-0.05, 0) is 43.4 Å². The number of ether oxygens (including phenoxy) is 2. The first-order valence-electron chi connectivity index (χ1n) is 7.90. The fourth-order valence-electron chi connectivity index (χ4n) is 4.47. The van der Waals surface area contributed by atoms with E-state index >= 15 is 0 Å². The molecule has 2 saturated heterocycles. The molecule has 1 spiro atoms. The molecule has 3 fully saturated rings. The average molecular weight is 268 g/mol. The van der Waals surface area contributed by atoms with Crippen LogP contribution in [-0.4, -0.2) is 31.5 Å². The van der Waals surface area contributed by atoms with Gasteiger partial charge in [-0.2, -0.15) is 0 Å². The first kappa shape index (κ1) is 13.8. The Bertz CT molecular complexity index is 305. The van der Waals surface area contributed by atoms with E-state index in [0.29, 0.717) is 12.0 Å². The Balaban J connectivity index is 1.65. The quantitative estimate of drug-likeness (QED) is 0.606. The number of hydrogen-bond donors (Lipinski definition) is 2. The van der Waals surface area contributed by atoms with Gasteiger partial charge in [-0.3, -0.25) is 11.3 Å². The first-order valence-corrected chi connectivity index (χ1v) is 7.90. The fraction of sp³-hybridized carbons (Fsp3) is 1.00. The lowest BCUT2D eigenvalue weighted by Gasteiger charge is -2.42. The Kier molecular flexibility index (Phi) is 4.13. The van der Waals surface area contributed by atoms with Gasteiger partial charge in [0.1, 0.15) is 0 Å². The Morgan fingerprint density at radius 3 is 2.74 bits per heavy atom. The van der Waals surface area contributed by atoms with E-state index in [-0.39, 0.29) is 5.60 Å². The van der Waals surface area contributed by atoms with E-state index in [1.54, 1.807) is 0 Å². The van der Waals surface area contributed by atoms with Crippen LogP contribution in [0.1, 0.15) is 45.4 Å². The number of rotatable bonds is 3. The fourth-order valence-corrected chi connectivity index (χ4v) is 4.47. The third-order valence-electron chi connectivity index (χ3n) is 5.54. The van der Waals surface area contributed by atoms with Gasteiger partial charge in [0.05, 0.1) is 12.2 Å². The molecule has 3 N–H and O–H groups in total. The van der Waals surface area contributed by atoms with Crippen molar-refractivity contribution in [3.8, 4) is 0 Å². The van der Waals surface area contributed by atoms with Crippen LogP contribution in [0.15, 0.2) is 0 Å².